The molecule has 0 aliphatic rings. The molecule has 0 bridgehead atoms. The molecule has 0 aliphatic heterocycles. The first kappa shape index (κ1) is 16.2. The number of aryl methyl sites for hydroxylation is 1. The van der Waals surface area contributed by atoms with Gasteiger partial charge in [0.25, 0.3) is 0 Å². The Morgan fingerprint density at radius 3 is 2.74 bits per heavy atom. The van der Waals surface area contributed by atoms with Crippen molar-refractivity contribution in [1.82, 2.24) is 0 Å². The van der Waals surface area contributed by atoms with Crippen LogP contribution in [0.3, 0.4) is 0 Å². The zero-order chi connectivity index (χ0) is 14.4. The molecule has 1 atom stereocenters. The molecule has 1 unspecified atom stereocenters. The number of nitriles is 1. The highest BCUT2D eigenvalue weighted by atomic mass is 35.5. The maximum atomic E-state index is 8.63. The highest BCUT2D eigenvalue weighted by Crippen LogP contribution is 2.34. The average molecular weight is 298 g/mol. The van der Waals surface area contributed by atoms with E-state index >= 15 is 0 Å². The van der Waals surface area contributed by atoms with Crippen LogP contribution in [0.4, 0.5) is 0 Å². The van der Waals surface area contributed by atoms with Crippen molar-refractivity contribution in [2.75, 3.05) is 12.4 Å². The number of halogens is 1. The molecular formula is C15H20ClNOS. The van der Waals surface area contributed by atoms with Crippen molar-refractivity contribution in [2.24, 2.45) is 5.92 Å². The number of benzene rings is 1. The second kappa shape index (κ2) is 7.67. The lowest BCUT2D eigenvalue weighted by molar-refractivity contribution is 0.332. The lowest BCUT2D eigenvalue weighted by atomic mass is 9.95. The third-order valence-electron chi connectivity index (χ3n) is 3.06. The van der Waals surface area contributed by atoms with E-state index in [-0.39, 0.29) is 0 Å². The molecule has 1 rings (SSSR count). The second-order valence-electron chi connectivity index (χ2n) is 4.75. The smallest absolute Gasteiger partial charge is 0.133 e. The Morgan fingerprint density at radius 2 is 2.16 bits per heavy atom. The number of thiocyanates is 1. The number of nitrogens with zero attached hydrogens (tertiary/aromatic N) is 1. The standard InChI is InChI=1S/C15H20ClNOS/c1-5-18-15-11(3)7-14(16)12(4)13(15)6-10(2)8-19-9-17/h7,10H,5-6,8H2,1-4H3. The van der Waals surface area contributed by atoms with Crippen LogP contribution < -0.4 is 4.74 Å². The molecular weight excluding hydrogens is 278 g/mol. The number of hydrogen-bond acceptors (Lipinski definition) is 3. The summed E-state index contributed by atoms with van der Waals surface area (Å²) in [5.74, 6) is 2.20. The summed E-state index contributed by atoms with van der Waals surface area (Å²) in [5, 5.41) is 11.5. The molecule has 0 fully saturated rings. The fourth-order valence-corrected chi connectivity index (χ4v) is 2.85. The van der Waals surface area contributed by atoms with Gasteiger partial charge in [0.2, 0.25) is 0 Å². The van der Waals surface area contributed by atoms with Crippen LogP contribution in [-0.2, 0) is 6.42 Å². The van der Waals surface area contributed by atoms with Crippen molar-refractivity contribution in [2.45, 2.75) is 34.1 Å². The van der Waals surface area contributed by atoms with Crippen molar-refractivity contribution in [3.63, 3.8) is 0 Å². The molecule has 0 spiro atoms. The molecule has 0 saturated heterocycles. The van der Waals surface area contributed by atoms with Crippen LogP contribution in [0.2, 0.25) is 5.02 Å². The first-order chi connectivity index (χ1) is 9.01. The van der Waals surface area contributed by atoms with E-state index in [9.17, 15) is 0 Å². The van der Waals surface area contributed by atoms with E-state index in [4.69, 9.17) is 21.6 Å². The van der Waals surface area contributed by atoms with E-state index in [0.29, 0.717) is 12.5 Å². The fourth-order valence-electron chi connectivity index (χ4n) is 2.09. The van der Waals surface area contributed by atoms with Crippen LogP contribution in [0.15, 0.2) is 6.07 Å². The maximum Gasteiger partial charge on any atom is 0.133 e. The number of rotatable bonds is 6. The van der Waals surface area contributed by atoms with Gasteiger partial charge in [-0.2, -0.15) is 5.26 Å². The molecule has 0 aliphatic carbocycles. The highest BCUT2D eigenvalue weighted by molar-refractivity contribution is 8.03. The van der Waals surface area contributed by atoms with Gasteiger partial charge in [-0.1, -0.05) is 18.5 Å². The monoisotopic (exact) mass is 297 g/mol. The Balaban J connectivity index is 3.06. The van der Waals surface area contributed by atoms with Crippen LogP contribution in [0, 0.1) is 30.4 Å². The molecule has 0 heterocycles. The van der Waals surface area contributed by atoms with Gasteiger partial charge in [0.15, 0.2) is 0 Å². The summed E-state index contributed by atoms with van der Waals surface area (Å²) in [4.78, 5) is 0. The van der Waals surface area contributed by atoms with Gasteiger partial charge in [-0.15, -0.1) is 0 Å². The lowest BCUT2D eigenvalue weighted by Gasteiger charge is -2.19. The first-order valence-corrected chi connectivity index (χ1v) is 7.79. The molecule has 2 nitrogen and oxygen atoms in total. The number of thioether (sulfide) groups is 1. The van der Waals surface area contributed by atoms with E-state index in [1.165, 1.54) is 17.3 Å². The quantitative estimate of drug-likeness (QED) is 0.711. The topological polar surface area (TPSA) is 33.0 Å². The summed E-state index contributed by atoms with van der Waals surface area (Å²) in [6.45, 7) is 8.84. The van der Waals surface area contributed by atoms with Crippen molar-refractivity contribution >= 4 is 23.4 Å². The summed E-state index contributed by atoms with van der Waals surface area (Å²) in [6, 6.07) is 1.96. The lowest BCUT2D eigenvalue weighted by Crippen LogP contribution is -2.08. The molecule has 0 aromatic heterocycles. The van der Waals surface area contributed by atoms with E-state index in [1.54, 1.807) is 0 Å². The van der Waals surface area contributed by atoms with E-state index in [1.807, 2.05) is 26.8 Å². The van der Waals surface area contributed by atoms with Crippen molar-refractivity contribution < 1.29 is 4.74 Å². The maximum absolute atomic E-state index is 8.63. The number of hydrogen-bond donors (Lipinski definition) is 0. The molecule has 1 aromatic rings. The van der Waals surface area contributed by atoms with Crippen LogP contribution in [0.25, 0.3) is 0 Å². The van der Waals surface area contributed by atoms with Crippen molar-refractivity contribution in [1.29, 1.82) is 5.26 Å². The summed E-state index contributed by atoms with van der Waals surface area (Å²) >= 11 is 7.57. The Morgan fingerprint density at radius 1 is 1.47 bits per heavy atom. The zero-order valence-electron chi connectivity index (χ0n) is 11.9. The molecule has 0 saturated carbocycles. The van der Waals surface area contributed by atoms with Crippen molar-refractivity contribution in [3.05, 3.63) is 27.8 Å². The summed E-state index contributed by atoms with van der Waals surface area (Å²) in [6.07, 6.45) is 0.886. The first-order valence-electron chi connectivity index (χ1n) is 6.43. The van der Waals surface area contributed by atoms with Crippen LogP contribution in [-0.4, -0.2) is 12.4 Å². The SMILES string of the molecule is CCOc1c(C)cc(Cl)c(C)c1CC(C)CSC#N. The minimum atomic E-state index is 0.417. The molecule has 0 radical (unpaired) electrons. The van der Waals surface area contributed by atoms with Crippen molar-refractivity contribution in [3.8, 4) is 11.2 Å². The normalized spacial score (nSPS) is 12.0. The summed E-state index contributed by atoms with van der Waals surface area (Å²) < 4.78 is 5.78. The van der Waals surface area contributed by atoms with Crippen LogP contribution in [0.5, 0.6) is 5.75 Å². The largest absolute Gasteiger partial charge is 0.493 e. The van der Waals surface area contributed by atoms with Gasteiger partial charge in [-0.05, 0) is 67.6 Å². The molecule has 104 valence electrons. The molecule has 0 amide bonds. The van der Waals surface area contributed by atoms with Crippen LogP contribution in [0.1, 0.15) is 30.5 Å². The van der Waals surface area contributed by atoms with E-state index in [0.717, 1.165) is 34.1 Å². The summed E-state index contributed by atoms with van der Waals surface area (Å²) in [7, 11) is 0. The van der Waals surface area contributed by atoms with Gasteiger partial charge in [-0.25, -0.2) is 0 Å². The Bertz CT molecular complexity index is 482. The third kappa shape index (κ3) is 4.33. The van der Waals surface area contributed by atoms with Gasteiger partial charge in [0.05, 0.1) is 6.61 Å². The van der Waals surface area contributed by atoms with Gasteiger partial charge in [0.1, 0.15) is 11.2 Å². The molecule has 1 aromatic carbocycles. The minimum Gasteiger partial charge on any atom is -0.493 e. The zero-order valence-corrected chi connectivity index (χ0v) is 13.5. The number of ether oxygens (including phenoxy) is 1. The van der Waals surface area contributed by atoms with E-state index < -0.39 is 0 Å². The molecule has 0 N–H and O–H groups in total. The predicted octanol–water partition coefficient (Wildman–Crippen LogP) is 4.75. The molecule has 19 heavy (non-hydrogen) atoms. The van der Waals surface area contributed by atoms with Crippen LogP contribution >= 0.6 is 23.4 Å². The Kier molecular flexibility index (Phi) is 6.54. The average Bonchev–Trinajstić information content (AvgIpc) is 2.37. The van der Waals surface area contributed by atoms with Gasteiger partial charge >= 0.3 is 0 Å². The minimum absolute atomic E-state index is 0.417. The molecule has 4 heteroatoms. The summed E-state index contributed by atoms with van der Waals surface area (Å²) in [5.41, 5.74) is 3.34. The highest BCUT2D eigenvalue weighted by Gasteiger charge is 2.16. The van der Waals surface area contributed by atoms with E-state index in [2.05, 4.69) is 12.3 Å². The van der Waals surface area contributed by atoms with Gasteiger partial charge in [-0.3, -0.25) is 0 Å². The van der Waals surface area contributed by atoms with Gasteiger partial charge in [0, 0.05) is 10.8 Å². The Labute approximate surface area is 125 Å². The Hall–Kier alpha value is -0.850. The predicted molar refractivity (Wildman–Crippen MR) is 83.0 cm³/mol. The fraction of sp³-hybridized carbons (Fsp3) is 0.533. The van der Waals surface area contributed by atoms with Gasteiger partial charge < -0.3 is 4.74 Å². The second-order valence-corrected chi connectivity index (χ2v) is 5.96. The third-order valence-corrected chi connectivity index (χ3v) is 4.32.